The van der Waals surface area contributed by atoms with Crippen molar-refractivity contribution < 1.29 is 4.74 Å². The molecule has 0 radical (unpaired) electrons. The van der Waals surface area contributed by atoms with Gasteiger partial charge in [-0.2, -0.15) is 0 Å². The van der Waals surface area contributed by atoms with Gasteiger partial charge in [0.25, 0.3) is 0 Å². The van der Waals surface area contributed by atoms with Crippen LogP contribution in [0.1, 0.15) is 46.0 Å². The first-order chi connectivity index (χ1) is 6.24. The molecule has 0 spiro atoms. The molecule has 78 valence electrons. The summed E-state index contributed by atoms with van der Waals surface area (Å²) in [5.41, 5.74) is 6.09. The molecular formula is C11H23NO. The summed E-state index contributed by atoms with van der Waals surface area (Å²) < 4.78 is 5.57. The van der Waals surface area contributed by atoms with Crippen molar-refractivity contribution >= 4 is 0 Å². The fourth-order valence-corrected chi connectivity index (χ4v) is 2.17. The largest absolute Gasteiger partial charge is 0.377 e. The van der Waals surface area contributed by atoms with E-state index in [4.69, 9.17) is 10.5 Å². The van der Waals surface area contributed by atoms with Crippen molar-refractivity contribution in [2.45, 2.75) is 58.1 Å². The zero-order valence-corrected chi connectivity index (χ0v) is 8.96. The van der Waals surface area contributed by atoms with Crippen molar-refractivity contribution in [3.8, 4) is 0 Å². The third-order valence-corrected chi connectivity index (χ3v) is 2.90. The van der Waals surface area contributed by atoms with Gasteiger partial charge >= 0.3 is 0 Å². The Kier molecular flexibility index (Phi) is 4.74. The Morgan fingerprint density at radius 3 is 2.85 bits per heavy atom. The van der Waals surface area contributed by atoms with E-state index in [2.05, 4.69) is 13.8 Å². The normalized spacial score (nSPS) is 27.5. The molecule has 1 heterocycles. The summed E-state index contributed by atoms with van der Waals surface area (Å²) in [4.78, 5) is 0. The Morgan fingerprint density at radius 1 is 1.54 bits per heavy atom. The predicted molar refractivity (Wildman–Crippen MR) is 55.6 cm³/mol. The topological polar surface area (TPSA) is 35.2 Å². The van der Waals surface area contributed by atoms with Gasteiger partial charge in [-0.1, -0.05) is 26.7 Å². The highest BCUT2D eigenvalue weighted by Crippen LogP contribution is 2.20. The molecule has 0 amide bonds. The molecule has 1 fully saturated rings. The minimum absolute atomic E-state index is 0.268. The molecule has 13 heavy (non-hydrogen) atoms. The highest BCUT2D eigenvalue weighted by atomic mass is 16.5. The van der Waals surface area contributed by atoms with Crippen molar-refractivity contribution in [3.63, 3.8) is 0 Å². The van der Waals surface area contributed by atoms with Gasteiger partial charge in [-0.3, -0.25) is 0 Å². The van der Waals surface area contributed by atoms with Crippen molar-refractivity contribution in [2.75, 3.05) is 6.61 Å². The standard InChI is InChI=1S/C11H23NO/c1-3-5-9(2)8-10(12)11-6-4-7-13-11/h9-11H,3-8,12H2,1-2H3. The van der Waals surface area contributed by atoms with Crippen LogP contribution in [-0.2, 0) is 4.74 Å². The second-order valence-electron chi connectivity index (χ2n) is 4.34. The number of hydrogen-bond acceptors (Lipinski definition) is 2. The van der Waals surface area contributed by atoms with Gasteiger partial charge < -0.3 is 10.5 Å². The number of ether oxygens (including phenoxy) is 1. The van der Waals surface area contributed by atoms with Crippen LogP contribution in [0.3, 0.4) is 0 Å². The van der Waals surface area contributed by atoms with E-state index >= 15 is 0 Å². The van der Waals surface area contributed by atoms with E-state index in [1.807, 2.05) is 0 Å². The van der Waals surface area contributed by atoms with Crippen molar-refractivity contribution in [1.29, 1.82) is 0 Å². The third kappa shape index (κ3) is 3.65. The Hall–Kier alpha value is -0.0800. The highest BCUT2D eigenvalue weighted by Gasteiger charge is 2.23. The molecule has 1 saturated heterocycles. The molecule has 3 atom stereocenters. The monoisotopic (exact) mass is 185 g/mol. The minimum atomic E-state index is 0.268. The summed E-state index contributed by atoms with van der Waals surface area (Å²) in [5, 5.41) is 0. The summed E-state index contributed by atoms with van der Waals surface area (Å²) in [6.45, 7) is 5.44. The van der Waals surface area contributed by atoms with Crippen molar-refractivity contribution in [1.82, 2.24) is 0 Å². The molecular weight excluding hydrogens is 162 g/mol. The second-order valence-corrected chi connectivity index (χ2v) is 4.34. The molecule has 0 aromatic carbocycles. The van der Waals surface area contributed by atoms with Crippen LogP contribution < -0.4 is 5.73 Å². The fraction of sp³-hybridized carbons (Fsp3) is 1.00. The molecule has 2 nitrogen and oxygen atoms in total. The maximum absolute atomic E-state index is 6.09. The van der Waals surface area contributed by atoms with Crippen LogP contribution in [0.25, 0.3) is 0 Å². The average molecular weight is 185 g/mol. The maximum Gasteiger partial charge on any atom is 0.0726 e. The summed E-state index contributed by atoms with van der Waals surface area (Å²) in [7, 11) is 0. The van der Waals surface area contributed by atoms with Gasteiger partial charge in [0.15, 0.2) is 0 Å². The van der Waals surface area contributed by atoms with E-state index < -0.39 is 0 Å². The molecule has 3 unspecified atom stereocenters. The Labute approximate surface area is 81.8 Å². The lowest BCUT2D eigenvalue weighted by Gasteiger charge is -2.21. The van der Waals surface area contributed by atoms with E-state index in [0.717, 1.165) is 18.9 Å². The molecule has 0 aliphatic carbocycles. The van der Waals surface area contributed by atoms with Crippen LogP contribution in [0.15, 0.2) is 0 Å². The predicted octanol–water partition coefficient (Wildman–Crippen LogP) is 2.32. The summed E-state index contributed by atoms with van der Waals surface area (Å²) in [6.07, 6.45) is 6.39. The Balaban J connectivity index is 2.18. The van der Waals surface area contributed by atoms with Gasteiger partial charge in [0, 0.05) is 12.6 Å². The molecule has 2 N–H and O–H groups in total. The van der Waals surface area contributed by atoms with E-state index in [-0.39, 0.29) is 6.04 Å². The SMILES string of the molecule is CCCC(C)CC(N)C1CCCO1. The average Bonchev–Trinajstić information content (AvgIpc) is 2.55. The van der Waals surface area contributed by atoms with Crippen LogP contribution in [0.4, 0.5) is 0 Å². The smallest absolute Gasteiger partial charge is 0.0726 e. The molecule has 0 bridgehead atoms. The second kappa shape index (κ2) is 5.61. The molecule has 0 aromatic rings. The van der Waals surface area contributed by atoms with Crippen LogP contribution in [0.2, 0.25) is 0 Å². The lowest BCUT2D eigenvalue weighted by Crippen LogP contribution is -2.35. The van der Waals surface area contributed by atoms with Gasteiger partial charge in [-0.25, -0.2) is 0 Å². The Morgan fingerprint density at radius 2 is 2.31 bits per heavy atom. The number of hydrogen-bond donors (Lipinski definition) is 1. The zero-order chi connectivity index (χ0) is 9.68. The summed E-state index contributed by atoms with van der Waals surface area (Å²) >= 11 is 0. The first kappa shape index (κ1) is 11.0. The van der Waals surface area contributed by atoms with Crippen LogP contribution in [0, 0.1) is 5.92 Å². The van der Waals surface area contributed by atoms with Crippen molar-refractivity contribution in [3.05, 3.63) is 0 Å². The van der Waals surface area contributed by atoms with Crippen LogP contribution in [-0.4, -0.2) is 18.8 Å². The fourth-order valence-electron chi connectivity index (χ4n) is 2.17. The molecule has 0 saturated carbocycles. The van der Waals surface area contributed by atoms with Gasteiger partial charge in [0.1, 0.15) is 0 Å². The lowest BCUT2D eigenvalue weighted by atomic mass is 9.94. The maximum atomic E-state index is 6.09. The van der Waals surface area contributed by atoms with E-state index in [1.165, 1.54) is 25.7 Å². The molecule has 0 aromatic heterocycles. The third-order valence-electron chi connectivity index (χ3n) is 2.90. The summed E-state index contributed by atoms with van der Waals surface area (Å²) in [6, 6.07) is 0.268. The molecule has 1 aliphatic rings. The number of rotatable bonds is 5. The molecule has 2 heteroatoms. The number of nitrogens with two attached hydrogens (primary N) is 1. The quantitative estimate of drug-likeness (QED) is 0.713. The van der Waals surface area contributed by atoms with Gasteiger partial charge in [-0.15, -0.1) is 0 Å². The van der Waals surface area contributed by atoms with Crippen molar-refractivity contribution in [2.24, 2.45) is 11.7 Å². The Bertz CT molecular complexity index is 132. The van der Waals surface area contributed by atoms with Gasteiger partial charge in [0.2, 0.25) is 0 Å². The first-order valence-electron chi connectivity index (χ1n) is 5.61. The van der Waals surface area contributed by atoms with E-state index in [9.17, 15) is 0 Å². The van der Waals surface area contributed by atoms with E-state index in [0.29, 0.717) is 6.10 Å². The zero-order valence-electron chi connectivity index (χ0n) is 8.96. The van der Waals surface area contributed by atoms with Gasteiger partial charge in [-0.05, 0) is 25.2 Å². The van der Waals surface area contributed by atoms with Crippen LogP contribution in [0.5, 0.6) is 0 Å². The van der Waals surface area contributed by atoms with Crippen LogP contribution >= 0.6 is 0 Å². The highest BCUT2D eigenvalue weighted by molar-refractivity contribution is 4.78. The molecule has 1 aliphatic heterocycles. The summed E-state index contributed by atoms with van der Waals surface area (Å²) in [5.74, 6) is 0.754. The van der Waals surface area contributed by atoms with Gasteiger partial charge in [0.05, 0.1) is 6.10 Å². The lowest BCUT2D eigenvalue weighted by molar-refractivity contribution is 0.0827. The first-order valence-corrected chi connectivity index (χ1v) is 5.61. The van der Waals surface area contributed by atoms with E-state index in [1.54, 1.807) is 0 Å². The minimum Gasteiger partial charge on any atom is -0.377 e. The molecule has 1 rings (SSSR count).